The zero-order chi connectivity index (χ0) is 43.2. The number of amides is 5. The molecule has 2 atom stereocenters. The van der Waals surface area contributed by atoms with Crippen molar-refractivity contribution >= 4 is 46.7 Å². The van der Waals surface area contributed by atoms with Gasteiger partial charge in [0.25, 0.3) is 5.91 Å². The lowest BCUT2D eigenvalue weighted by Gasteiger charge is -2.38. The summed E-state index contributed by atoms with van der Waals surface area (Å²) in [6.45, 7) is 9.46. The Balaban J connectivity index is 0.000000299. The van der Waals surface area contributed by atoms with Crippen molar-refractivity contribution in [2.24, 2.45) is 13.0 Å². The molecule has 338 valence electrons. The van der Waals surface area contributed by atoms with E-state index >= 15 is 0 Å². The third kappa shape index (κ3) is 10.8. The second kappa shape index (κ2) is 20.7. The number of esters is 1. The van der Waals surface area contributed by atoms with Crippen molar-refractivity contribution in [1.29, 1.82) is 0 Å². The number of urea groups is 1. The number of hydrogen-bond donors (Lipinski definition) is 1. The zero-order valence-electron chi connectivity index (χ0n) is 36.1. The van der Waals surface area contributed by atoms with E-state index in [0.717, 1.165) is 74.0 Å². The number of nitrogens with zero attached hydrogens (tertiary/aromatic N) is 6. The lowest BCUT2D eigenvalue weighted by atomic mass is 9.98. The fourth-order valence-electron chi connectivity index (χ4n) is 9.32. The Morgan fingerprint density at radius 2 is 1.60 bits per heavy atom. The normalized spacial score (nSPS) is 20.5. The van der Waals surface area contributed by atoms with Gasteiger partial charge in [-0.15, -0.1) is 0 Å². The van der Waals surface area contributed by atoms with Crippen LogP contribution in [0.15, 0.2) is 45.6 Å². The lowest BCUT2D eigenvalue weighted by Crippen LogP contribution is -2.51. The van der Waals surface area contributed by atoms with Gasteiger partial charge < -0.3 is 38.8 Å². The van der Waals surface area contributed by atoms with Gasteiger partial charge in [0.05, 0.1) is 12.1 Å². The quantitative estimate of drug-likeness (QED) is 0.283. The number of anilines is 1. The summed E-state index contributed by atoms with van der Waals surface area (Å²) < 4.78 is 18.1. The molecule has 4 fully saturated rings. The summed E-state index contributed by atoms with van der Waals surface area (Å²) in [6, 6.07) is 11.3. The van der Waals surface area contributed by atoms with Crippen LogP contribution < -0.4 is 11.1 Å². The Labute approximate surface area is 364 Å². The van der Waals surface area contributed by atoms with Crippen molar-refractivity contribution in [2.75, 3.05) is 71.3 Å². The van der Waals surface area contributed by atoms with Gasteiger partial charge in [-0.25, -0.2) is 14.4 Å². The molecular weight excluding hydrogens is 795 g/mol. The van der Waals surface area contributed by atoms with E-state index in [-0.39, 0.29) is 49.7 Å². The smallest absolute Gasteiger partial charge is 0.419 e. The largest absolute Gasteiger partial charge is 0.463 e. The Bertz CT molecular complexity index is 2140. The van der Waals surface area contributed by atoms with Gasteiger partial charge in [0.15, 0.2) is 11.7 Å². The van der Waals surface area contributed by atoms with Crippen LogP contribution in [-0.2, 0) is 43.7 Å². The minimum absolute atomic E-state index is 0. The number of benzene rings is 2. The molecule has 62 heavy (non-hydrogen) atoms. The highest BCUT2D eigenvalue weighted by Gasteiger charge is 2.36. The molecule has 1 N–H and O–H groups in total. The second-order valence-corrected chi connectivity index (χ2v) is 17.3. The van der Waals surface area contributed by atoms with Crippen LogP contribution in [0.4, 0.5) is 15.3 Å². The average molecular weight is 860 g/mol. The van der Waals surface area contributed by atoms with Crippen molar-refractivity contribution in [2.45, 2.75) is 104 Å². The van der Waals surface area contributed by atoms with Crippen molar-refractivity contribution in [3.05, 3.63) is 63.6 Å². The molecule has 16 nitrogen and oxygen atoms in total. The van der Waals surface area contributed by atoms with Gasteiger partial charge in [-0.2, -0.15) is 0 Å². The van der Waals surface area contributed by atoms with Gasteiger partial charge in [-0.05, 0) is 107 Å². The summed E-state index contributed by atoms with van der Waals surface area (Å²) in [5.74, 6) is -0.0657. The molecule has 0 saturated carbocycles. The second-order valence-electron chi connectivity index (χ2n) is 17.3. The van der Waals surface area contributed by atoms with E-state index in [0.29, 0.717) is 82.2 Å². The molecule has 0 unspecified atom stereocenters. The maximum atomic E-state index is 13.8. The van der Waals surface area contributed by atoms with Crippen LogP contribution in [0.25, 0.3) is 11.1 Å². The number of para-hydroxylation sites is 1. The predicted octanol–water partition coefficient (Wildman–Crippen LogP) is 5.18. The number of fused-ring (bicyclic) bond motifs is 2. The monoisotopic (exact) mass is 859 g/mol. The number of likely N-dealkylation sites (tertiary alicyclic amines) is 4. The maximum absolute atomic E-state index is 13.8. The van der Waals surface area contributed by atoms with E-state index < -0.39 is 18.0 Å². The van der Waals surface area contributed by atoms with Crippen molar-refractivity contribution < 1.29 is 37.9 Å². The number of nitrogens with one attached hydrogen (secondary N) is 1. The third-order valence-electron chi connectivity index (χ3n) is 13.0. The number of ether oxygens (including phenoxy) is 2. The molecule has 5 aliphatic rings. The number of carbonyl (C=O) groups is 5. The van der Waals surface area contributed by atoms with Gasteiger partial charge >= 0.3 is 23.8 Å². The van der Waals surface area contributed by atoms with E-state index in [1.165, 1.54) is 4.57 Å². The summed E-state index contributed by atoms with van der Waals surface area (Å²) in [5, 5.41) is 3.03. The molecule has 6 heterocycles. The van der Waals surface area contributed by atoms with Crippen LogP contribution >= 0.6 is 0 Å². The molecule has 0 aliphatic carbocycles. The molecule has 1 aromatic heterocycles. The number of rotatable bonds is 9. The number of hydrogen-bond acceptors (Lipinski definition) is 10. The number of aryl methyl sites for hydroxylation is 2. The third-order valence-corrected chi connectivity index (χ3v) is 13.0. The molecule has 5 amide bonds. The predicted molar refractivity (Wildman–Crippen MR) is 235 cm³/mol. The van der Waals surface area contributed by atoms with Crippen LogP contribution in [0.5, 0.6) is 0 Å². The first-order chi connectivity index (χ1) is 29.4. The van der Waals surface area contributed by atoms with Gasteiger partial charge in [0.1, 0.15) is 12.6 Å². The molecule has 0 spiro atoms. The molecule has 16 heteroatoms. The number of aromatic nitrogens is 1. The molecule has 3 aromatic rings. The molecular formula is C46H65N7O9. The molecule has 8 rings (SSSR count). The lowest BCUT2D eigenvalue weighted by molar-refractivity contribution is -0.149. The summed E-state index contributed by atoms with van der Waals surface area (Å²) in [7, 11) is 3.61. The van der Waals surface area contributed by atoms with Crippen molar-refractivity contribution in [1.82, 2.24) is 29.1 Å². The first-order valence-electron chi connectivity index (χ1n) is 22.0. The van der Waals surface area contributed by atoms with Crippen LogP contribution in [-0.4, -0.2) is 143 Å². The Morgan fingerprint density at radius 3 is 2.29 bits per heavy atom. The highest BCUT2D eigenvalue weighted by molar-refractivity contribution is 5.91. The van der Waals surface area contributed by atoms with Crippen molar-refractivity contribution in [3.63, 3.8) is 0 Å². The van der Waals surface area contributed by atoms with E-state index in [2.05, 4.69) is 12.2 Å². The average Bonchev–Trinajstić information content (AvgIpc) is 3.92. The zero-order valence-corrected chi connectivity index (χ0v) is 36.1. The van der Waals surface area contributed by atoms with Gasteiger partial charge in [-0.1, -0.05) is 38.6 Å². The topological polar surface area (TPSA) is 167 Å². The standard InChI is InChI=1S/C33H41N5O6.C12H20N2O3.CH4/c1-21-8-13-36(14-9-21)30(39)28(20-23-18-22(2)29-27(19-23)43-32(41)35(29)3)44-33(42)37-15-11-25(12-16-37)38-17-10-24-6-4-5-7-26(24)34-31(38)40;1-13-6-2-4-10(13)12(16)17-9-8-14-7-3-5-11(14)15;/h4-7,18-19,21,25,28H,8-17,20H2,1-3H3,(H,34,40);10H,2-9H2,1H3;1H4/t28-;10-;/m10./s1. The first-order valence-corrected chi connectivity index (χ1v) is 22.0. The fourth-order valence-corrected chi connectivity index (χ4v) is 9.32. The highest BCUT2D eigenvalue weighted by Crippen LogP contribution is 2.27. The number of likely N-dealkylation sites (N-methyl/N-ethyl adjacent to an activating group) is 1. The number of oxazole rings is 1. The molecule has 2 aromatic carbocycles. The molecule has 4 saturated heterocycles. The van der Waals surface area contributed by atoms with E-state index in [4.69, 9.17) is 13.9 Å². The Kier molecular flexibility index (Phi) is 15.4. The van der Waals surface area contributed by atoms with Crippen LogP contribution in [0.2, 0.25) is 0 Å². The van der Waals surface area contributed by atoms with Crippen LogP contribution in [0.1, 0.15) is 82.4 Å². The minimum Gasteiger partial charge on any atom is -0.463 e. The van der Waals surface area contributed by atoms with E-state index in [1.807, 2.05) is 54.1 Å². The SMILES string of the molecule is C.CN1CCC[C@H]1C(=O)OCCN1CCCC1=O.Cc1cc(C[C@@H](OC(=O)N2CCC(N3CCc4ccccc4NC3=O)CC2)C(=O)N2CCC(C)CC2)cc2oc(=O)n(C)c12. The number of piperidine rings is 2. The van der Waals surface area contributed by atoms with E-state index in [1.54, 1.807) is 27.8 Å². The highest BCUT2D eigenvalue weighted by atomic mass is 16.6. The molecule has 5 aliphatic heterocycles. The molecule has 0 radical (unpaired) electrons. The summed E-state index contributed by atoms with van der Waals surface area (Å²) in [5.41, 5.74) is 4.72. The summed E-state index contributed by atoms with van der Waals surface area (Å²) >= 11 is 0. The minimum atomic E-state index is -1.00. The van der Waals surface area contributed by atoms with Gasteiger partial charge in [0, 0.05) is 70.9 Å². The van der Waals surface area contributed by atoms with E-state index in [9.17, 15) is 28.8 Å². The first kappa shape index (κ1) is 46.1. The van der Waals surface area contributed by atoms with Gasteiger partial charge in [0.2, 0.25) is 5.91 Å². The van der Waals surface area contributed by atoms with Gasteiger partial charge in [-0.3, -0.25) is 23.9 Å². The number of carbonyl (C=O) groups excluding carboxylic acids is 5. The van der Waals surface area contributed by atoms with Crippen LogP contribution in [0, 0.1) is 12.8 Å². The van der Waals surface area contributed by atoms with Crippen LogP contribution in [0.3, 0.4) is 0 Å². The summed E-state index contributed by atoms with van der Waals surface area (Å²) in [6.07, 6.45) is 6.01. The fraction of sp³-hybridized carbons (Fsp3) is 0.609. The molecule has 0 bridgehead atoms. The summed E-state index contributed by atoms with van der Waals surface area (Å²) in [4.78, 5) is 84.6. The Morgan fingerprint density at radius 1 is 0.871 bits per heavy atom. The Hall–Kier alpha value is -5.38. The maximum Gasteiger partial charge on any atom is 0.419 e. The van der Waals surface area contributed by atoms with Crippen molar-refractivity contribution in [3.8, 4) is 0 Å².